The maximum atomic E-state index is 12.7. The van der Waals surface area contributed by atoms with Gasteiger partial charge in [0.15, 0.2) is 6.29 Å². The molecule has 2 unspecified atom stereocenters. The summed E-state index contributed by atoms with van der Waals surface area (Å²) in [7, 11) is 0. The Bertz CT molecular complexity index is 620. The van der Waals surface area contributed by atoms with E-state index in [1.54, 1.807) is 6.92 Å². The van der Waals surface area contributed by atoms with Crippen molar-refractivity contribution in [3.8, 4) is 0 Å². The highest BCUT2D eigenvalue weighted by Gasteiger charge is 2.34. The number of carbonyl (C=O) groups excluding carboxylic acids is 3. The molecule has 1 amide bonds. The fraction of sp³-hybridized carbons (Fsp3) is 0.632. The van der Waals surface area contributed by atoms with Gasteiger partial charge < -0.3 is 5.32 Å². The lowest BCUT2D eigenvalue weighted by atomic mass is 9.77. The van der Waals surface area contributed by atoms with Crippen LogP contribution in [0.4, 0.5) is 5.00 Å². The molecule has 1 N–H and O–H groups in total. The van der Waals surface area contributed by atoms with E-state index in [-0.39, 0.29) is 23.5 Å². The predicted octanol–water partition coefficient (Wildman–Crippen LogP) is 4.41. The number of amides is 1. The number of hydrogen-bond donors (Lipinski definition) is 1. The van der Waals surface area contributed by atoms with Crippen molar-refractivity contribution in [3.05, 3.63) is 16.0 Å². The molecule has 5 heteroatoms. The maximum Gasteiger partial charge on any atom is 0.228 e. The van der Waals surface area contributed by atoms with E-state index in [0.29, 0.717) is 10.6 Å². The largest absolute Gasteiger partial charge is 0.317 e. The van der Waals surface area contributed by atoms with Crippen molar-refractivity contribution in [3.63, 3.8) is 0 Å². The van der Waals surface area contributed by atoms with Crippen LogP contribution in [0.5, 0.6) is 0 Å². The third kappa shape index (κ3) is 3.94. The van der Waals surface area contributed by atoms with E-state index in [1.807, 2.05) is 0 Å². The van der Waals surface area contributed by atoms with Crippen LogP contribution in [0.1, 0.15) is 73.7 Å². The molecule has 0 radical (unpaired) electrons. The highest BCUT2D eigenvalue weighted by molar-refractivity contribution is 7.16. The fourth-order valence-electron chi connectivity index (χ4n) is 3.69. The van der Waals surface area contributed by atoms with Gasteiger partial charge >= 0.3 is 0 Å². The Morgan fingerprint density at radius 1 is 1.21 bits per heavy atom. The van der Waals surface area contributed by atoms with E-state index in [1.165, 1.54) is 16.2 Å². The first kappa shape index (κ1) is 18.8. The molecule has 0 bridgehead atoms. The molecule has 0 spiro atoms. The van der Waals surface area contributed by atoms with Crippen molar-refractivity contribution >= 4 is 34.3 Å². The van der Waals surface area contributed by atoms with Crippen LogP contribution in [-0.2, 0) is 22.4 Å². The fourth-order valence-corrected chi connectivity index (χ4v) is 4.85. The molecular formula is C19H27NO3S. The van der Waals surface area contributed by atoms with Gasteiger partial charge in [-0.2, -0.15) is 0 Å². The van der Waals surface area contributed by atoms with Crippen LogP contribution in [0.25, 0.3) is 0 Å². The van der Waals surface area contributed by atoms with Gasteiger partial charge in [0, 0.05) is 16.7 Å². The lowest BCUT2D eigenvalue weighted by Crippen LogP contribution is -2.35. The summed E-state index contributed by atoms with van der Waals surface area (Å²) in [6.45, 7) is 5.73. The van der Waals surface area contributed by atoms with E-state index in [4.69, 9.17) is 0 Å². The monoisotopic (exact) mass is 349 g/mol. The second-order valence-electron chi connectivity index (χ2n) is 6.57. The molecule has 4 nitrogen and oxygen atoms in total. The summed E-state index contributed by atoms with van der Waals surface area (Å²) in [4.78, 5) is 37.3. The van der Waals surface area contributed by atoms with E-state index in [0.717, 1.165) is 56.8 Å². The highest BCUT2D eigenvalue weighted by atomic mass is 32.1. The molecule has 1 heterocycles. The van der Waals surface area contributed by atoms with Crippen LogP contribution in [0, 0.1) is 11.8 Å². The van der Waals surface area contributed by atoms with Gasteiger partial charge in [0.1, 0.15) is 10.8 Å². The van der Waals surface area contributed by atoms with Crippen LogP contribution in [0.2, 0.25) is 0 Å². The van der Waals surface area contributed by atoms with Gasteiger partial charge in [-0.1, -0.05) is 33.1 Å². The summed E-state index contributed by atoms with van der Waals surface area (Å²) in [5.41, 5.74) is 1.70. The number of Topliss-reactive ketones (excluding diaryl/α,β-unsaturated/α-hetero) is 1. The van der Waals surface area contributed by atoms with Gasteiger partial charge in [-0.05, 0) is 38.2 Å². The van der Waals surface area contributed by atoms with Crippen molar-refractivity contribution in [2.45, 2.75) is 65.7 Å². The molecule has 1 aliphatic carbocycles. The van der Waals surface area contributed by atoms with E-state index >= 15 is 0 Å². The lowest BCUT2D eigenvalue weighted by Gasteiger charge is -2.28. The number of thiophene rings is 1. The minimum absolute atomic E-state index is 0.0950. The number of ketones is 1. The summed E-state index contributed by atoms with van der Waals surface area (Å²) >= 11 is 1.50. The van der Waals surface area contributed by atoms with Crippen LogP contribution < -0.4 is 5.32 Å². The zero-order valence-corrected chi connectivity index (χ0v) is 15.6. The number of hydrogen-bond acceptors (Lipinski definition) is 4. The van der Waals surface area contributed by atoms with Crippen molar-refractivity contribution in [2.24, 2.45) is 11.8 Å². The second-order valence-corrected chi connectivity index (χ2v) is 7.67. The third-order valence-corrected chi connectivity index (χ3v) is 6.24. The van der Waals surface area contributed by atoms with Gasteiger partial charge in [-0.25, -0.2) is 0 Å². The molecule has 2 atom stereocenters. The number of anilines is 1. The molecule has 1 saturated carbocycles. The molecule has 2 rings (SSSR count). The molecule has 1 fully saturated rings. The summed E-state index contributed by atoms with van der Waals surface area (Å²) in [5.74, 6) is -0.459. The van der Waals surface area contributed by atoms with Gasteiger partial charge in [0.25, 0.3) is 0 Å². The third-order valence-electron chi connectivity index (χ3n) is 4.93. The van der Waals surface area contributed by atoms with Gasteiger partial charge in [0.2, 0.25) is 5.91 Å². The Morgan fingerprint density at radius 3 is 2.42 bits per heavy atom. The van der Waals surface area contributed by atoms with Gasteiger partial charge in [-0.15, -0.1) is 11.3 Å². The molecule has 1 aromatic heterocycles. The Morgan fingerprint density at radius 2 is 1.88 bits per heavy atom. The molecule has 132 valence electrons. The van der Waals surface area contributed by atoms with Crippen molar-refractivity contribution in [1.29, 1.82) is 0 Å². The molecule has 0 aromatic carbocycles. The summed E-state index contributed by atoms with van der Waals surface area (Å²) in [5, 5.41) is 3.62. The number of aldehydes is 1. The van der Waals surface area contributed by atoms with Crippen molar-refractivity contribution in [2.75, 3.05) is 5.32 Å². The Balaban J connectivity index is 2.24. The quantitative estimate of drug-likeness (QED) is 0.742. The highest BCUT2D eigenvalue weighted by Crippen LogP contribution is 2.36. The van der Waals surface area contributed by atoms with Gasteiger partial charge in [0.05, 0.1) is 5.56 Å². The number of carbonyl (C=O) groups is 3. The summed E-state index contributed by atoms with van der Waals surface area (Å²) < 4.78 is 0. The maximum absolute atomic E-state index is 12.7. The molecule has 1 aromatic rings. The molecule has 0 saturated heterocycles. The number of rotatable bonds is 7. The average molecular weight is 349 g/mol. The first-order chi connectivity index (χ1) is 11.5. The number of aryl methyl sites for hydroxylation is 1. The molecule has 24 heavy (non-hydrogen) atoms. The summed E-state index contributed by atoms with van der Waals surface area (Å²) in [6.07, 6.45) is 7.06. The predicted molar refractivity (Wildman–Crippen MR) is 97.8 cm³/mol. The Labute approximate surface area is 148 Å². The lowest BCUT2D eigenvalue weighted by molar-refractivity contribution is -0.131. The van der Waals surface area contributed by atoms with Crippen molar-refractivity contribution < 1.29 is 14.4 Å². The minimum atomic E-state index is -0.266. The zero-order chi connectivity index (χ0) is 17.7. The Kier molecular flexibility index (Phi) is 6.72. The SMILES string of the molecule is CCCc1c(CC)sc(NC(=O)C2CCCCC2C(C)=O)c1C=O. The smallest absolute Gasteiger partial charge is 0.228 e. The molecule has 0 aliphatic heterocycles. The zero-order valence-electron chi connectivity index (χ0n) is 14.8. The molecule has 1 aliphatic rings. The first-order valence-electron chi connectivity index (χ1n) is 8.94. The Hall–Kier alpha value is -1.49. The normalized spacial score (nSPS) is 20.6. The minimum Gasteiger partial charge on any atom is -0.317 e. The first-order valence-corrected chi connectivity index (χ1v) is 9.76. The molecular weight excluding hydrogens is 322 g/mol. The summed E-state index contributed by atoms with van der Waals surface area (Å²) in [6, 6.07) is 0. The van der Waals surface area contributed by atoms with Crippen LogP contribution >= 0.6 is 11.3 Å². The number of nitrogens with one attached hydrogen (secondary N) is 1. The van der Waals surface area contributed by atoms with E-state index in [2.05, 4.69) is 19.2 Å². The van der Waals surface area contributed by atoms with E-state index < -0.39 is 0 Å². The van der Waals surface area contributed by atoms with Crippen LogP contribution in [-0.4, -0.2) is 18.0 Å². The van der Waals surface area contributed by atoms with Crippen LogP contribution in [0.15, 0.2) is 0 Å². The average Bonchev–Trinajstić information content (AvgIpc) is 2.91. The topological polar surface area (TPSA) is 63.2 Å². The van der Waals surface area contributed by atoms with E-state index in [9.17, 15) is 14.4 Å². The van der Waals surface area contributed by atoms with Gasteiger partial charge in [-0.3, -0.25) is 14.4 Å². The second kappa shape index (κ2) is 8.56. The standard InChI is InChI=1S/C19H27NO3S/c1-4-8-14-16(11-21)19(24-17(14)5-2)20-18(23)15-10-7-6-9-13(15)12(3)22/h11,13,15H,4-10H2,1-3H3,(H,20,23). The van der Waals surface area contributed by atoms with Crippen molar-refractivity contribution in [1.82, 2.24) is 0 Å². The van der Waals surface area contributed by atoms with Crippen LogP contribution in [0.3, 0.4) is 0 Å².